The lowest BCUT2D eigenvalue weighted by atomic mass is 10.2. The van der Waals surface area contributed by atoms with Gasteiger partial charge >= 0.3 is 11.8 Å². The van der Waals surface area contributed by atoms with Crippen molar-refractivity contribution in [3.05, 3.63) is 42.2 Å². The molecule has 0 bridgehead atoms. The average Bonchev–Trinajstić information content (AvgIpc) is 3.22. The lowest BCUT2D eigenvalue weighted by Gasteiger charge is -2.12. The van der Waals surface area contributed by atoms with E-state index in [9.17, 15) is 14.7 Å². The van der Waals surface area contributed by atoms with Crippen LogP contribution in [-0.4, -0.2) is 34.8 Å². The van der Waals surface area contributed by atoms with Crippen molar-refractivity contribution in [1.29, 1.82) is 0 Å². The summed E-state index contributed by atoms with van der Waals surface area (Å²) in [6, 6.07) is 8.51. The van der Waals surface area contributed by atoms with Gasteiger partial charge in [0.15, 0.2) is 11.5 Å². The van der Waals surface area contributed by atoms with Gasteiger partial charge in [-0.25, -0.2) is 0 Å². The summed E-state index contributed by atoms with van der Waals surface area (Å²) in [5, 5.41) is 15.1. The number of aryl methyl sites for hydroxylation is 1. The molecule has 2 amide bonds. The lowest BCUT2D eigenvalue weighted by molar-refractivity contribution is -0.136. The first-order valence-corrected chi connectivity index (χ1v) is 7.82. The van der Waals surface area contributed by atoms with E-state index in [2.05, 4.69) is 10.6 Å². The fourth-order valence-electron chi connectivity index (χ4n) is 2.53. The summed E-state index contributed by atoms with van der Waals surface area (Å²) in [5.74, 6) is -0.440. The van der Waals surface area contributed by atoms with Crippen molar-refractivity contribution in [3.63, 3.8) is 0 Å². The number of carbonyl (C=O) groups is 2. The maximum Gasteiger partial charge on any atom is 0.313 e. The van der Waals surface area contributed by atoms with E-state index in [0.29, 0.717) is 23.6 Å². The highest BCUT2D eigenvalue weighted by Crippen LogP contribution is 2.34. The number of rotatable bonds is 5. The molecule has 2 aromatic rings. The molecule has 3 rings (SSSR count). The van der Waals surface area contributed by atoms with Gasteiger partial charge in [0.2, 0.25) is 6.79 Å². The first kappa shape index (κ1) is 16.8. The lowest BCUT2D eigenvalue weighted by Crippen LogP contribution is -2.36. The zero-order valence-electron chi connectivity index (χ0n) is 13.7. The smallest absolute Gasteiger partial charge is 0.313 e. The molecule has 0 spiro atoms. The van der Waals surface area contributed by atoms with E-state index < -0.39 is 17.9 Å². The molecule has 8 heteroatoms. The van der Waals surface area contributed by atoms with Crippen LogP contribution in [0.25, 0.3) is 0 Å². The molecule has 0 radical (unpaired) electrons. The fourth-order valence-corrected chi connectivity index (χ4v) is 2.53. The molecule has 25 heavy (non-hydrogen) atoms. The first-order chi connectivity index (χ1) is 12.0. The second-order valence-electron chi connectivity index (χ2n) is 5.63. The van der Waals surface area contributed by atoms with E-state index in [0.717, 1.165) is 5.69 Å². The average molecular weight is 345 g/mol. The number of benzene rings is 1. The number of hydrogen-bond acceptors (Lipinski definition) is 5. The molecule has 1 aromatic heterocycles. The van der Waals surface area contributed by atoms with E-state index in [1.165, 1.54) is 0 Å². The number of amides is 2. The highest BCUT2D eigenvalue weighted by Gasteiger charge is 2.18. The van der Waals surface area contributed by atoms with Gasteiger partial charge in [-0.3, -0.25) is 9.59 Å². The SMILES string of the molecule is Cn1cccc1[C@@H](O)CCNC(=O)C(=O)Nc1ccc2c(c1)OCO2. The van der Waals surface area contributed by atoms with Crippen LogP contribution in [0.2, 0.25) is 0 Å². The Balaban J connectivity index is 1.46. The van der Waals surface area contributed by atoms with Crippen molar-refractivity contribution in [1.82, 2.24) is 9.88 Å². The van der Waals surface area contributed by atoms with Crippen LogP contribution < -0.4 is 20.1 Å². The van der Waals surface area contributed by atoms with Crippen molar-refractivity contribution in [2.75, 3.05) is 18.7 Å². The Hall–Kier alpha value is -3.00. The van der Waals surface area contributed by atoms with E-state index in [-0.39, 0.29) is 13.3 Å². The number of fused-ring (bicyclic) bond motifs is 1. The third kappa shape index (κ3) is 3.92. The second-order valence-corrected chi connectivity index (χ2v) is 5.63. The summed E-state index contributed by atoms with van der Waals surface area (Å²) in [6.07, 6.45) is 1.42. The minimum Gasteiger partial charge on any atom is -0.454 e. The molecular formula is C17H19N3O5. The van der Waals surface area contributed by atoms with Crippen LogP contribution in [-0.2, 0) is 16.6 Å². The van der Waals surface area contributed by atoms with Crippen molar-refractivity contribution in [2.45, 2.75) is 12.5 Å². The molecule has 8 nitrogen and oxygen atoms in total. The molecule has 0 saturated carbocycles. The van der Waals surface area contributed by atoms with Gasteiger partial charge in [0.25, 0.3) is 0 Å². The van der Waals surface area contributed by atoms with Crippen LogP contribution in [0.1, 0.15) is 18.2 Å². The Morgan fingerprint density at radius 2 is 2.04 bits per heavy atom. The van der Waals surface area contributed by atoms with Gasteiger partial charge in [0.05, 0.1) is 6.10 Å². The number of aliphatic hydroxyl groups is 1. The molecule has 0 aliphatic carbocycles. The second kappa shape index (κ2) is 7.27. The van der Waals surface area contributed by atoms with Crippen LogP contribution in [0.5, 0.6) is 11.5 Å². The molecule has 1 atom stereocenters. The van der Waals surface area contributed by atoms with Gasteiger partial charge in [-0.2, -0.15) is 0 Å². The van der Waals surface area contributed by atoms with Crippen LogP contribution in [0, 0.1) is 0 Å². The normalized spacial score (nSPS) is 13.4. The number of aromatic nitrogens is 1. The van der Waals surface area contributed by atoms with Gasteiger partial charge in [0.1, 0.15) is 0 Å². The Morgan fingerprint density at radius 1 is 1.24 bits per heavy atom. The summed E-state index contributed by atoms with van der Waals surface area (Å²) >= 11 is 0. The number of aliphatic hydroxyl groups excluding tert-OH is 1. The summed E-state index contributed by atoms with van der Waals surface area (Å²) in [5.41, 5.74) is 1.19. The fraction of sp³-hybridized carbons (Fsp3) is 0.294. The molecular weight excluding hydrogens is 326 g/mol. The predicted molar refractivity (Wildman–Crippen MR) is 89.2 cm³/mol. The van der Waals surface area contributed by atoms with Crippen LogP contribution in [0.3, 0.4) is 0 Å². The zero-order chi connectivity index (χ0) is 17.8. The third-order valence-electron chi connectivity index (χ3n) is 3.87. The van der Waals surface area contributed by atoms with E-state index in [1.807, 2.05) is 19.3 Å². The molecule has 1 aliphatic heterocycles. The van der Waals surface area contributed by atoms with Crippen LogP contribution >= 0.6 is 0 Å². The number of nitrogens with zero attached hydrogens (tertiary/aromatic N) is 1. The molecule has 0 fully saturated rings. The zero-order valence-corrected chi connectivity index (χ0v) is 13.7. The number of carbonyl (C=O) groups excluding carboxylic acids is 2. The maximum atomic E-state index is 11.9. The maximum absolute atomic E-state index is 11.9. The topological polar surface area (TPSA) is 102 Å². The minimum absolute atomic E-state index is 0.136. The van der Waals surface area contributed by atoms with Gasteiger partial charge in [-0.1, -0.05) is 0 Å². The number of anilines is 1. The number of ether oxygens (including phenoxy) is 2. The van der Waals surface area contributed by atoms with E-state index >= 15 is 0 Å². The number of hydrogen-bond donors (Lipinski definition) is 3. The standard InChI is InChI=1S/C17H19N3O5/c1-20-8-2-3-12(20)13(21)6-7-18-16(22)17(23)19-11-4-5-14-15(9-11)25-10-24-14/h2-5,8-9,13,21H,6-7,10H2,1H3,(H,18,22)(H,19,23)/t13-/m0/s1. The highest BCUT2D eigenvalue weighted by atomic mass is 16.7. The molecule has 0 saturated heterocycles. The van der Waals surface area contributed by atoms with Crippen molar-refractivity contribution in [3.8, 4) is 11.5 Å². The van der Waals surface area contributed by atoms with Crippen molar-refractivity contribution >= 4 is 17.5 Å². The molecule has 1 aromatic carbocycles. The molecule has 0 unspecified atom stereocenters. The first-order valence-electron chi connectivity index (χ1n) is 7.82. The Bertz CT molecular complexity index is 786. The quantitative estimate of drug-likeness (QED) is 0.700. The van der Waals surface area contributed by atoms with Gasteiger partial charge in [-0.15, -0.1) is 0 Å². The van der Waals surface area contributed by atoms with Crippen LogP contribution in [0.15, 0.2) is 36.5 Å². The van der Waals surface area contributed by atoms with E-state index in [4.69, 9.17) is 9.47 Å². The van der Waals surface area contributed by atoms with E-state index in [1.54, 1.807) is 28.8 Å². The number of nitrogens with one attached hydrogen (secondary N) is 2. The van der Waals surface area contributed by atoms with Gasteiger partial charge < -0.3 is 29.8 Å². The third-order valence-corrected chi connectivity index (χ3v) is 3.87. The summed E-state index contributed by atoms with van der Waals surface area (Å²) < 4.78 is 12.2. The largest absolute Gasteiger partial charge is 0.454 e. The molecule has 3 N–H and O–H groups in total. The van der Waals surface area contributed by atoms with Crippen LogP contribution in [0.4, 0.5) is 5.69 Å². The predicted octanol–water partition coefficient (Wildman–Crippen LogP) is 0.932. The monoisotopic (exact) mass is 345 g/mol. The van der Waals surface area contributed by atoms with Gasteiger partial charge in [-0.05, 0) is 30.7 Å². The molecule has 2 heterocycles. The Morgan fingerprint density at radius 3 is 2.80 bits per heavy atom. The summed E-state index contributed by atoms with van der Waals surface area (Å²) in [6.45, 7) is 0.316. The summed E-state index contributed by atoms with van der Waals surface area (Å²) in [4.78, 5) is 23.8. The minimum atomic E-state index is -0.785. The van der Waals surface area contributed by atoms with Gasteiger partial charge in [0, 0.05) is 37.2 Å². The Labute approximate surface area is 144 Å². The highest BCUT2D eigenvalue weighted by molar-refractivity contribution is 6.39. The molecule has 1 aliphatic rings. The Kier molecular flexibility index (Phi) is 4.90. The summed E-state index contributed by atoms with van der Waals surface area (Å²) in [7, 11) is 1.83. The molecule has 132 valence electrons. The van der Waals surface area contributed by atoms with Crippen molar-refractivity contribution < 1.29 is 24.2 Å². The van der Waals surface area contributed by atoms with Crippen molar-refractivity contribution in [2.24, 2.45) is 7.05 Å².